The van der Waals surface area contributed by atoms with Crippen LogP contribution >= 0.6 is 0 Å². The molecule has 19 heavy (non-hydrogen) atoms. The lowest BCUT2D eigenvalue weighted by Crippen LogP contribution is -2.48. The Morgan fingerprint density at radius 1 is 1.16 bits per heavy atom. The van der Waals surface area contributed by atoms with Gasteiger partial charge in [0.2, 0.25) is 0 Å². The van der Waals surface area contributed by atoms with Gasteiger partial charge >= 0.3 is 0 Å². The molecule has 0 spiro atoms. The zero-order valence-corrected chi connectivity index (χ0v) is 11.6. The van der Waals surface area contributed by atoms with E-state index in [4.69, 9.17) is 5.26 Å². The summed E-state index contributed by atoms with van der Waals surface area (Å²) in [5.74, 6) is -0.196. The van der Waals surface area contributed by atoms with Crippen molar-refractivity contribution in [3.8, 4) is 6.07 Å². The summed E-state index contributed by atoms with van der Waals surface area (Å²) in [7, 11) is 0. The van der Waals surface area contributed by atoms with Crippen molar-refractivity contribution in [2.45, 2.75) is 13.8 Å². The van der Waals surface area contributed by atoms with Gasteiger partial charge in [0.25, 0.3) is 0 Å². The van der Waals surface area contributed by atoms with E-state index < -0.39 is 0 Å². The molecular weight excluding hydrogens is 241 g/mol. The molecule has 1 aromatic rings. The molecule has 0 radical (unpaired) electrons. The summed E-state index contributed by atoms with van der Waals surface area (Å²) in [5, 5.41) is 9.06. The van der Waals surface area contributed by atoms with Gasteiger partial charge in [0.05, 0.1) is 11.5 Å². The molecule has 0 aliphatic carbocycles. The number of nitrogens with zero attached hydrogens (tertiary/aromatic N) is 3. The molecule has 2 rings (SSSR count). The predicted molar refractivity (Wildman–Crippen MR) is 74.4 cm³/mol. The van der Waals surface area contributed by atoms with Crippen molar-refractivity contribution in [2.75, 3.05) is 37.6 Å². The first-order valence-electron chi connectivity index (χ1n) is 6.64. The van der Waals surface area contributed by atoms with Gasteiger partial charge in [-0.3, -0.25) is 4.90 Å². The molecule has 0 amide bonds. The number of anilines is 1. The number of halogens is 1. The lowest BCUT2D eigenvalue weighted by atomic mass is 9.95. The fourth-order valence-corrected chi connectivity index (χ4v) is 2.41. The molecule has 1 saturated heterocycles. The molecule has 0 N–H and O–H groups in total. The summed E-state index contributed by atoms with van der Waals surface area (Å²) < 4.78 is 12.9. The third-order valence-corrected chi connectivity index (χ3v) is 3.49. The van der Waals surface area contributed by atoms with Crippen molar-refractivity contribution < 1.29 is 4.39 Å². The van der Waals surface area contributed by atoms with Crippen LogP contribution in [0.1, 0.15) is 13.8 Å². The van der Waals surface area contributed by atoms with E-state index in [1.165, 1.54) is 12.1 Å². The Morgan fingerprint density at radius 3 is 2.26 bits per heavy atom. The fraction of sp³-hybridized carbons (Fsp3) is 0.533. The van der Waals surface area contributed by atoms with Crippen molar-refractivity contribution in [1.82, 2.24) is 4.90 Å². The minimum Gasteiger partial charge on any atom is -0.369 e. The monoisotopic (exact) mass is 261 g/mol. The van der Waals surface area contributed by atoms with Crippen molar-refractivity contribution in [1.29, 1.82) is 5.26 Å². The van der Waals surface area contributed by atoms with Gasteiger partial charge in [-0.1, -0.05) is 0 Å². The lowest BCUT2D eigenvalue weighted by molar-refractivity contribution is 0.203. The molecule has 0 bridgehead atoms. The molecular formula is C15H20FN3. The Morgan fingerprint density at radius 2 is 1.74 bits per heavy atom. The highest BCUT2D eigenvalue weighted by molar-refractivity contribution is 5.46. The molecule has 1 heterocycles. The van der Waals surface area contributed by atoms with Gasteiger partial charge < -0.3 is 4.90 Å². The molecule has 102 valence electrons. The number of hydrogen-bond acceptors (Lipinski definition) is 3. The van der Waals surface area contributed by atoms with E-state index in [0.29, 0.717) is 0 Å². The summed E-state index contributed by atoms with van der Waals surface area (Å²) in [6.07, 6.45) is 0. The zero-order valence-electron chi connectivity index (χ0n) is 11.6. The maximum absolute atomic E-state index is 12.9. The summed E-state index contributed by atoms with van der Waals surface area (Å²) in [4.78, 5) is 4.58. The van der Waals surface area contributed by atoms with Gasteiger partial charge in [0.15, 0.2) is 0 Å². The normalized spacial score (nSPS) is 17.3. The highest BCUT2D eigenvalue weighted by atomic mass is 19.1. The van der Waals surface area contributed by atoms with E-state index >= 15 is 0 Å². The Kier molecular flexibility index (Phi) is 4.06. The van der Waals surface area contributed by atoms with Crippen LogP contribution < -0.4 is 4.90 Å². The number of benzene rings is 1. The molecule has 1 fully saturated rings. The van der Waals surface area contributed by atoms with Crippen LogP contribution in [0.15, 0.2) is 24.3 Å². The average molecular weight is 261 g/mol. The van der Waals surface area contributed by atoms with Gasteiger partial charge in [-0.25, -0.2) is 4.39 Å². The summed E-state index contributed by atoms with van der Waals surface area (Å²) in [6.45, 7) is 8.49. The maximum atomic E-state index is 12.9. The molecule has 1 aromatic carbocycles. The Labute approximate surface area is 114 Å². The fourth-order valence-electron chi connectivity index (χ4n) is 2.41. The smallest absolute Gasteiger partial charge is 0.123 e. The molecule has 0 aromatic heterocycles. The number of nitriles is 1. The quantitative estimate of drug-likeness (QED) is 0.837. The van der Waals surface area contributed by atoms with Crippen LogP contribution in [0.4, 0.5) is 10.1 Å². The molecule has 1 aliphatic rings. The summed E-state index contributed by atoms with van der Waals surface area (Å²) in [5.41, 5.74) is 0.776. The van der Waals surface area contributed by atoms with Crippen LogP contribution in [0, 0.1) is 22.6 Å². The van der Waals surface area contributed by atoms with Crippen molar-refractivity contribution in [3.05, 3.63) is 30.1 Å². The first kappa shape index (κ1) is 13.8. The Balaban J connectivity index is 1.89. The largest absolute Gasteiger partial charge is 0.369 e. The van der Waals surface area contributed by atoms with E-state index in [1.807, 2.05) is 26.0 Å². The topological polar surface area (TPSA) is 30.3 Å². The van der Waals surface area contributed by atoms with Gasteiger partial charge in [0.1, 0.15) is 5.82 Å². The second-order valence-corrected chi connectivity index (χ2v) is 5.74. The van der Waals surface area contributed by atoms with Crippen LogP contribution in [0.2, 0.25) is 0 Å². The van der Waals surface area contributed by atoms with Gasteiger partial charge in [0, 0.05) is 38.4 Å². The standard InChI is InChI=1S/C15H20FN3/c1-15(2,11-17)12-18-7-9-19(10-8-18)14-5-3-13(16)4-6-14/h3-6H,7-10,12H2,1-2H3. The first-order chi connectivity index (χ1) is 9.00. The highest BCUT2D eigenvalue weighted by Crippen LogP contribution is 2.20. The van der Waals surface area contributed by atoms with Crippen LogP contribution in [0.5, 0.6) is 0 Å². The molecule has 0 atom stereocenters. The second-order valence-electron chi connectivity index (χ2n) is 5.74. The third-order valence-electron chi connectivity index (χ3n) is 3.49. The first-order valence-corrected chi connectivity index (χ1v) is 6.64. The van der Waals surface area contributed by atoms with E-state index in [1.54, 1.807) is 0 Å². The predicted octanol–water partition coefficient (Wildman–Crippen LogP) is 2.50. The van der Waals surface area contributed by atoms with Gasteiger partial charge in [-0.05, 0) is 38.1 Å². The Hall–Kier alpha value is -1.60. The maximum Gasteiger partial charge on any atom is 0.123 e. The third kappa shape index (κ3) is 3.68. The number of rotatable bonds is 3. The number of piperazine rings is 1. The van der Waals surface area contributed by atoms with Crippen LogP contribution in [-0.2, 0) is 0 Å². The van der Waals surface area contributed by atoms with Gasteiger partial charge in [-0.15, -0.1) is 0 Å². The second kappa shape index (κ2) is 5.58. The molecule has 0 saturated carbocycles. The minimum atomic E-state index is -0.294. The number of hydrogen-bond donors (Lipinski definition) is 0. The zero-order chi connectivity index (χ0) is 13.9. The minimum absolute atomic E-state index is 0.196. The van der Waals surface area contributed by atoms with E-state index in [0.717, 1.165) is 38.4 Å². The van der Waals surface area contributed by atoms with Crippen molar-refractivity contribution in [2.24, 2.45) is 5.41 Å². The highest BCUT2D eigenvalue weighted by Gasteiger charge is 2.24. The van der Waals surface area contributed by atoms with Crippen LogP contribution in [0.25, 0.3) is 0 Å². The van der Waals surface area contributed by atoms with E-state index in [-0.39, 0.29) is 11.2 Å². The summed E-state index contributed by atoms with van der Waals surface area (Å²) >= 11 is 0. The van der Waals surface area contributed by atoms with E-state index in [9.17, 15) is 4.39 Å². The molecule has 0 unspecified atom stereocenters. The molecule has 4 heteroatoms. The van der Waals surface area contributed by atoms with Gasteiger partial charge in [-0.2, -0.15) is 5.26 Å². The van der Waals surface area contributed by atoms with E-state index in [2.05, 4.69) is 15.9 Å². The molecule has 3 nitrogen and oxygen atoms in total. The van der Waals surface area contributed by atoms with Crippen molar-refractivity contribution in [3.63, 3.8) is 0 Å². The van der Waals surface area contributed by atoms with Crippen molar-refractivity contribution >= 4 is 5.69 Å². The van der Waals surface area contributed by atoms with Crippen LogP contribution in [-0.4, -0.2) is 37.6 Å². The van der Waals surface area contributed by atoms with Crippen LogP contribution in [0.3, 0.4) is 0 Å². The average Bonchev–Trinajstić information content (AvgIpc) is 2.40. The molecule has 1 aliphatic heterocycles. The SMILES string of the molecule is CC(C)(C#N)CN1CCN(c2ccc(F)cc2)CC1. The Bertz CT molecular complexity index is 453. The summed E-state index contributed by atoms with van der Waals surface area (Å²) in [6, 6.07) is 8.99. The lowest BCUT2D eigenvalue weighted by Gasteiger charge is -2.38.